The summed E-state index contributed by atoms with van der Waals surface area (Å²) in [5.74, 6) is 0.329. The van der Waals surface area contributed by atoms with Crippen molar-refractivity contribution < 1.29 is 9.90 Å². The lowest BCUT2D eigenvalue weighted by atomic mass is 10.1. The first-order chi connectivity index (χ1) is 22.1. The fourth-order valence-corrected chi connectivity index (χ4v) is 4.42. The third-order valence-corrected chi connectivity index (χ3v) is 6.69. The molecular formula is C38H54N6O2. The van der Waals surface area contributed by atoms with Crippen molar-refractivity contribution >= 4 is 19.6 Å². The van der Waals surface area contributed by atoms with Crippen LogP contribution in [-0.2, 0) is 17.9 Å². The van der Waals surface area contributed by atoms with Gasteiger partial charge in [0.25, 0.3) is 0 Å². The lowest BCUT2D eigenvalue weighted by Crippen LogP contribution is -2.53. The quantitative estimate of drug-likeness (QED) is 0.0787. The summed E-state index contributed by atoms with van der Waals surface area (Å²) in [6.07, 6.45) is 4.24. The molecule has 0 aromatic heterocycles. The number of aryl methyl sites for hydroxylation is 1. The SMILES string of the molecule is C=CCN(CC(=C)N(CC=C)C(CN(C)Cc1ccc(=C)c(=C)c1)NCc1ccccc1)NC=O.CNC.Cc1ccc(O)cc1. The minimum Gasteiger partial charge on any atom is -0.508 e. The Hall–Kier alpha value is -4.47. The van der Waals surface area contributed by atoms with Crippen molar-refractivity contribution in [2.75, 3.05) is 47.3 Å². The predicted molar refractivity (Wildman–Crippen MR) is 195 cm³/mol. The lowest BCUT2D eigenvalue weighted by molar-refractivity contribution is -0.113. The van der Waals surface area contributed by atoms with Gasteiger partial charge in [-0.25, -0.2) is 5.01 Å². The molecule has 46 heavy (non-hydrogen) atoms. The molecule has 0 spiro atoms. The highest BCUT2D eigenvalue weighted by molar-refractivity contribution is 5.45. The second kappa shape index (κ2) is 23.0. The molecule has 3 rings (SSSR count). The van der Waals surface area contributed by atoms with Crippen molar-refractivity contribution in [3.05, 3.63) is 138 Å². The van der Waals surface area contributed by atoms with E-state index in [0.29, 0.717) is 38.3 Å². The van der Waals surface area contributed by atoms with E-state index in [2.05, 4.69) is 90.1 Å². The van der Waals surface area contributed by atoms with Crippen LogP contribution in [0.5, 0.6) is 5.75 Å². The van der Waals surface area contributed by atoms with Gasteiger partial charge in [-0.2, -0.15) is 0 Å². The van der Waals surface area contributed by atoms with Crippen LogP contribution in [0.15, 0.2) is 110 Å². The van der Waals surface area contributed by atoms with Crippen LogP contribution in [0.2, 0.25) is 0 Å². The summed E-state index contributed by atoms with van der Waals surface area (Å²) >= 11 is 0. The zero-order valence-corrected chi connectivity index (χ0v) is 28.2. The number of hydrogen-bond acceptors (Lipinski definition) is 7. The first kappa shape index (κ1) is 39.6. The van der Waals surface area contributed by atoms with Gasteiger partial charge < -0.3 is 15.3 Å². The average Bonchev–Trinajstić information content (AvgIpc) is 3.03. The number of phenolic OH excluding ortho intramolecular Hbond substituents is 1. The van der Waals surface area contributed by atoms with Crippen molar-refractivity contribution in [3.8, 4) is 5.75 Å². The fraction of sp³-hybridized carbons (Fsp3) is 0.289. The summed E-state index contributed by atoms with van der Waals surface area (Å²) in [5, 5.41) is 18.9. The number of likely N-dealkylation sites (N-methyl/N-ethyl adjacent to an activating group) is 1. The molecule has 8 nitrogen and oxygen atoms in total. The van der Waals surface area contributed by atoms with E-state index in [9.17, 15) is 4.79 Å². The Bertz CT molecular complexity index is 1380. The van der Waals surface area contributed by atoms with Crippen LogP contribution in [0.1, 0.15) is 16.7 Å². The summed E-state index contributed by atoms with van der Waals surface area (Å²) in [4.78, 5) is 15.5. The Labute approximate surface area is 276 Å². The highest BCUT2D eigenvalue weighted by Crippen LogP contribution is 2.12. The van der Waals surface area contributed by atoms with Gasteiger partial charge in [-0.3, -0.25) is 20.4 Å². The van der Waals surface area contributed by atoms with E-state index in [4.69, 9.17) is 5.11 Å². The maximum atomic E-state index is 11.1. The Morgan fingerprint density at radius 1 is 0.913 bits per heavy atom. The van der Waals surface area contributed by atoms with Crippen LogP contribution in [0.4, 0.5) is 0 Å². The van der Waals surface area contributed by atoms with E-state index in [1.54, 1.807) is 23.2 Å². The van der Waals surface area contributed by atoms with Gasteiger partial charge in [0.1, 0.15) is 5.75 Å². The van der Waals surface area contributed by atoms with Gasteiger partial charge in [0.05, 0.1) is 12.7 Å². The van der Waals surface area contributed by atoms with Crippen molar-refractivity contribution in [2.24, 2.45) is 0 Å². The number of amides is 1. The maximum Gasteiger partial charge on any atom is 0.221 e. The third kappa shape index (κ3) is 16.0. The van der Waals surface area contributed by atoms with Gasteiger partial charge in [0.15, 0.2) is 0 Å². The maximum absolute atomic E-state index is 11.1. The second-order valence-electron chi connectivity index (χ2n) is 10.9. The molecule has 1 unspecified atom stereocenters. The molecule has 0 radical (unpaired) electrons. The van der Waals surface area contributed by atoms with Crippen LogP contribution < -0.4 is 26.5 Å². The molecule has 4 N–H and O–H groups in total. The molecule has 3 aromatic rings. The second-order valence-corrected chi connectivity index (χ2v) is 10.9. The molecule has 0 fully saturated rings. The van der Waals surface area contributed by atoms with Crippen LogP contribution in [0.25, 0.3) is 13.2 Å². The van der Waals surface area contributed by atoms with Crippen LogP contribution >= 0.6 is 0 Å². The number of phenols is 1. The molecule has 3 aromatic carbocycles. The molecule has 248 valence electrons. The monoisotopic (exact) mass is 626 g/mol. The number of hydrazine groups is 1. The van der Waals surface area contributed by atoms with Crippen molar-refractivity contribution in [1.82, 2.24) is 30.9 Å². The minimum absolute atomic E-state index is 0.0427. The highest BCUT2D eigenvalue weighted by Gasteiger charge is 2.22. The van der Waals surface area contributed by atoms with E-state index in [1.807, 2.05) is 63.5 Å². The normalized spacial score (nSPS) is 10.9. The van der Waals surface area contributed by atoms with E-state index in [0.717, 1.165) is 29.2 Å². The Balaban J connectivity index is 0.000000812. The first-order valence-corrected chi connectivity index (χ1v) is 15.3. The van der Waals surface area contributed by atoms with E-state index in [1.165, 1.54) is 16.7 Å². The third-order valence-electron chi connectivity index (χ3n) is 6.69. The van der Waals surface area contributed by atoms with Gasteiger partial charge in [-0.15, -0.1) is 13.2 Å². The topological polar surface area (TPSA) is 83.1 Å². The van der Waals surface area contributed by atoms with Gasteiger partial charge in [-0.1, -0.05) is 98.1 Å². The smallest absolute Gasteiger partial charge is 0.221 e. The van der Waals surface area contributed by atoms with Crippen molar-refractivity contribution in [2.45, 2.75) is 26.2 Å². The summed E-state index contributed by atoms with van der Waals surface area (Å²) in [7, 11) is 5.85. The van der Waals surface area contributed by atoms with Crippen LogP contribution in [0.3, 0.4) is 0 Å². The van der Waals surface area contributed by atoms with Crippen LogP contribution in [-0.4, -0.2) is 79.8 Å². The molecule has 8 heteroatoms. The van der Waals surface area contributed by atoms with Crippen LogP contribution in [0, 0.1) is 6.92 Å². The summed E-state index contributed by atoms with van der Waals surface area (Å²) in [5.41, 5.74) is 7.14. The molecule has 1 atom stereocenters. The van der Waals surface area contributed by atoms with Gasteiger partial charge in [0.2, 0.25) is 6.41 Å². The Kier molecular flexibility index (Phi) is 19.7. The highest BCUT2D eigenvalue weighted by atomic mass is 16.3. The molecule has 0 bridgehead atoms. The number of carbonyl (C=O) groups excluding carboxylic acids is 1. The van der Waals surface area contributed by atoms with E-state index >= 15 is 0 Å². The summed E-state index contributed by atoms with van der Waals surface area (Å²) in [6, 6.07) is 23.6. The zero-order chi connectivity index (χ0) is 34.3. The number of carbonyl (C=O) groups is 1. The van der Waals surface area contributed by atoms with E-state index < -0.39 is 0 Å². The lowest BCUT2D eigenvalue weighted by Gasteiger charge is -2.38. The Morgan fingerprint density at radius 2 is 1.54 bits per heavy atom. The molecule has 0 aliphatic rings. The molecule has 0 aliphatic carbocycles. The van der Waals surface area contributed by atoms with Gasteiger partial charge in [-0.05, 0) is 61.8 Å². The number of nitrogens with zero attached hydrogens (tertiary/aromatic N) is 3. The fourth-order valence-electron chi connectivity index (χ4n) is 4.42. The molecule has 0 heterocycles. The molecule has 0 saturated heterocycles. The average molecular weight is 627 g/mol. The standard InChI is InChI=1S/C29H39N5O.C7H8O.C2H7N/c1-7-16-33(31-23-35)20-26(5)34(17-8-2)29(30-19-27-12-10-9-11-13-27)22-32(6)21-28-15-14-24(3)25(4)18-28;1-6-2-4-7(8)5-3-6;1-3-2/h7-15,18,23,29-30H,1-5,16-17,19-22H2,6H3,(H,31,35);2-5,8H,1H3;3H,1-2H3. The predicted octanol–water partition coefficient (Wildman–Crippen LogP) is 3.74. The van der Waals surface area contributed by atoms with Crippen molar-refractivity contribution in [3.63, 3.8) is 0 Å². The summed E-state index contributed by atoms with van der Waals surface area (Å²) < 4.78 is 0. The largest absolute Gasteiger partial charge is 0.508 e. The van der Waals surface area contributed by atoms with Gasteiger partial charge in [0, 0.05) is 38.4 Å². The number of aromatic hydroxyl groups is 1. The van der Waals surface area contributed by atoms with Crippen molar-refractivity contribution in [1.29, 1.82) is 0 Å². The number of hydrogen-bond donors (Lipinski definition) is 4. The molecule has 1 amide bonds. The zero-order valence-electron chi connectivity index (χ0n) is 28.2. The molecular weight excluding hydrogens is 572 g/mol. The summed E-state index contributed by atoms with van der Waals surface area (Å²) in [6.45, 7) is 26.0. The Morgan fingerprint density at radius 3 is 2.09 bits per heavy atom. The number of benzene rings is 3. The molecule has 0 aliphatic heterocycles. The first-order valence-electron chi connectivity index (χ1n) is 15.3. The van der Waals surface area contributed by atoms with E-state index in [-0.39, 0.29) is 6.17 Å². The molecule has 0 saturated carbocycles. The number of nitrogens with one attached hydrogen (secondary N) is 3. The number of rotatable bonds is 17. The minimum atomic E-state index is -0.0427. The van der Waals surface area contributed by atoms with Gasteiger partial charge >= 0.3 is 0 Å².